The minimum Gasteiger partial charge on any atom is -0.393 e. The molecule has 14 heavy (non-hydrogen) atoms. The molecule has 0 saturated heterocycles. The molecule has 2 rings (SSSR count). The first-order valence-corrected chi connectivity index (χ1v) is 5.96. The Hall–Kier alpha value is -0.610. The largest absolute Gasteiger partial charge is 0.393 e. The third-order valence-electron chi connectivity index (χ3n) is 2.67. The average molecular weight is 212 g/mol. The van der Waals surface area contributed by atoms with E-state index in [1.807, 2.05) is 12.3 Å². The molecule has 2 N–H and O–H groups in total. The Morgan fingerprint density at radius 2 is 2.50 bits per heavy atom. The highest BCUT2D eigenvalue weighted by Gasteiger charge is 2.22. The Balaban J connectivity index is 1.77. The van der Waals surface area contributed by atoms with Crippen molar-refractivity contribution in [1.29, 1.82) is 0 Å². The summed E-state index contributed by atoms with van der Waals surface area (Å²) in [6.07, 6.45) is 2.97. The van der Waals surface area contributed by atoms with Gasteiger partial charge in [0.05, 0.1) is 11.8 Å². The van der Waals surface area contributed by atoms with Crippen LogP contribution in [0.15, 0.2) is 5.38 Å². The first kappa shape index (κ1) is 9.93. The second kappa shape index (κ2) is 4.28. The third-order valence-corrected chi connectivity index (χ3v) is 3.59. The summed E-state index contributed by atoms with van der Waals surface area (Å²) in [5, 5.41) is 15.7. The molecule has 2 atom stereocenters. The highest BCUT2D eigenvalue weighted by atomic mass is 32.1. The number of aliphatic hydroxyl groups is 1. The summed E-state index contributed by atoms with van der Waals surface area (Å²) in [7, 11) is 0. The monoisotopic (exact) mass is 212 g/mol. The number of aryl methyl sites for hydroxylation is 1. The molecule has 1 aromatic rings. The summed E-state index contributed by atoms with van der Waals surface area (Å²) in [6, 6.07) is 0. The zero-order valence-corrected chi connectivity index (χ0v) is 9.18. The van der Waals surface area contributed by atoms with Crippen LogP contribution < -0.4 is 5.32 Å². The normalized spacial score (nSPS) is 26.7. The molecular weight excluding hydrogens is 196 g/mol. The van der Waals surface area contributed by atoms with Gasteiger partial charge in [-0.15, -0.1) is 11.3 Å². The van der Waals surface area contributed by atoms with Crippen LogP contribution >= 0.6 is 11.3 Å². The van der Waals surface area contributed by atoms with E-state index in [9.17, 15) is 5.11 Å². The lowest BCUT2D eigenvalue weighted by Crippen LogP contribution is -2.12. The van der Waals surface area contributed by atoms with E-state index in [4.69, 9.17) is 0 Å². The van der Waals surface area contributed by atoms with E-state index in [-0.39, 0.29) is 6.10 Å². The van der Waals surface area contributed by atoms with Gasteiger partial charge >= 0.3 is 0 Å². The Morgan fingerprint density at radius 1 is 1.64 bits per heavy atom. The molecule has 1 aromatic heterocycles. The Kier molecular flexibility index (Phi) is 3.03. The van der Waals surface area contributed by atoms with Crippen LogP contribution in [-0.2, 0) is 0 Å². The molecule has 78 valence electrons. The molecule has 0 aromatic carbocycles. The summed E-state index contributed by atoms with van der Waals surface area (Å²) in [5.41, 5.74) is 1.07. The van der Waals surface area contributed by atoms with Crippen LogP contribution in [0.5, 0.6) is 0 Å². The number of rotatable bonds is 3. The SMILES string of the molecule is Cc1csc(NCC2CCC(O)C2)n1. The maximum absolute atomic E-state index is 9.36. The molecule has 0 bridgehead atoms. The van der Waals surface area contributed by atoms with E-state index in [1.54, 1.807) is 11.3 Å². The molecule has 1 saturated carbocycles. The number of aliphatic hydroxyl groups excluding tert-OH is 1. The van der Waals surface area contributed by atoms with E-state index >= 15 is 0 Å². The van der Waals surface area contributed by atoms with E-state index in [0.717, 1.165) is 36.6 Å². The van der Waals surface area contributed by atoms with Gasteiger partial charge in [-0.3, -0.25) is 0 Å². The van der Waals surface area contributed by atoms with Crippen molar-refractivity contribution in [2.24, 2.45) is 5.92 Å². The number of thiazole rings is 1. The van der Waals surface area contributed by atoms with Crippen LogP contribution in [0.25, 0.3) is 0 Å². The average Bonchev–Trinajstić information content (AvgIpc) is 2.72. The fraction of sp³-hybridized carbons (Fsp3) is 0.700. The van der Waals surface area contributed by atoms with Crippen molar-refractivity contribution in [3.63, 3.8) is 0 Å². The van der Waals surface area contributed by atoms with Gasteiger partial charge in [-0.1, -0.05) is 0 Å². The second-order valence-corrected chi connectivity index (χ2v) is 4.87. The van der Waals surface area contributed by atoms with Crippen LogP contribution in [0.3, 0.4) is 0 Å². The number of nitrogens with one attached hydrogen (secondary N) is 1. The zero-order valence-electron chi connectivity index (χ0n) is 8.36. The van der Waals surface area contributed by atoms with Crippen molar-refractivity contribution in [3.05, 3.63) is 11.1 Å². The molecule has 2 unspecified atom stereocenters. The van der Waals surface area contributed by atoms with Gasteiger partial charge in [0, 0.05) is 11.9 Å². The lowest BCUT2D eigenvalue weighted by Gasteiger charge is -2.09. The van der Waals surface area contributed by atoms with Gasteiger partial charge in [-0.2, -0.15) is 0 Å². The van der Waals surface area contributed by atoms with Crippen molar-refractivity contribution < 1.29 is 5.11 Å². The van der Waals surface area contributed by atoms with E-state index in [1.165, 1.54) is 0 Å². The molecule has 0 amide bonds. The highest BCUT2D eigenvalue weighted by molar-refractivity contribution is 7.13. The van der Waals surface area contributed by atoms with Gasteiger partial charge in [0.2, 0.25) is 0 Å². The van der Waals surface area contributed by atoms with Crippen molar-refractivity contribution in [2.45, 2.75) is 32.3 Å². The first-order valence-electron chi connectivity index (χ1n) is 5.08. The van der Waals surface area contributed by atoms with Gasteiger partial charge in [-0.25, -0.2) is 4.98 Å². The second-order valence-electron chi connectivity index (χ2n) is 4.01. The van der Waals surface area contributed by atoms with E-state index < -0.39 is 0 Å². The molecule has 3 nitrogen and oxygen atoms in total. The molecule has 0 radical (unpaired) electrons. The minimum absolute atomic E-state index is 0.0696. The molecule has 1 aliphatic rings. The number of aromatic nitrogens is 1. The number of hydrogen-bond donors (Lipinski definition) is 2. The summed E-state index contributed by atoms with van der Waals surface area (Å²) >= 11 is 1.65. The van der Waals surface area contributed by atoms with Gasteiger partial charge in [0.1, 0.15) is 0 Å². The Labute approximate surface area is 88.2 Å². The summed E-state index contributed by atoms with van der Waals surface area (Å²) in [6.45, 7) is 2.95. The predicted octanol–water partition coefficient (Wildman–Crippen LogP) is 2.02. The van der Waals surface area contributed by atoms with E-state index in [2.05, 4.69) is 10.3 Å². The molecule has 0 aliphatic heterocycles. The van der Waals surface area contributed by atoms with Crippen LogP contribution in [-0.4, -0.2) is 22.7 Å². The topological polar surface area (TPSA) is 45.1 Å². The smallest absolute Gasteiger partial charge is 0.182 e. The molecule has 1 fully saturated rings. The third kappa shape index (κ3) is 2.45. The summed E-state index contributed by atoms with van der Waals surface area (Å²) in [4.78, 5) is 4.34. The molecule has 4 heteroatoms. The Morgan fingerprint density at radius 3 is 3.07 bits per heavy atom. The lowest BCUT2D eigenvalue weighted by molar-refractivity contribution is 0.178. The van der Waals surface area contributed by atoms with E-state index in [0.29, 0.717) is 5.92 Å². The number of hydrogen-bond acceptors (Lipinski definition) is 4. The summed E-state index contributed by atoms with van der Waals surface area (Å²) < 4.78 is 0. The standard InChI is InChI=1S/C10H16N2OS/c1-7-6-14-10(12-7)11-5-8-2-3-9(13)4-8/h6,8-9,13H,2-5H2,1H3,(H,11,12). The minimum atomic E-state index is -0.0696. The zero-order chi connectivity index (χ0) is 9.97. The molecule has 0 spiro atoms. The van der Waals surface area contributed by atoms with Crippen molar-refractivity contribution in [1.82, 2.24) is 4.98 Å². The van der Waals surface area contributed by atoms with Crippen molar-refractivity contribution in [3.8, 4) is 0 Å². The summed E-state index contributed by atoms with van der Waals surface area (Å²) in [5.74, 6) is 0.620. The van der Waals surface area contributed by atoms with Crippen molar-refractivity contribution in [2.75, 3.05) is 11.9 Å². The van der Waals surface area contributed by atoms with Crippen LogP contribution in [0.2, 0.25) is 0 Å². The van der Waals surface area contributed by atoms with Crippen LogP contribution in [0.4, 0.5) is 5.13 Å². The highest BCUT2D eigenvalue weighted by Crippen LogP contribution is 2.26. The van der Waals surface area contributed by atoms with Gasteiger partial charge < -0.3 is 10.4 Å². The van der Waals surface area contributed by atoms with Gasteiger partial charge in [0.25, 0.3) is 0 Å². The Bertz CT molecular complexity index is 300. The maximum atomic E-state index is 9.36. The number of anilines is 1. The molecule has 1 heterocycles. The van der Waals surface area contributed by atoms with Gasteiger partial charge in [0.15, 0.2) is 5.13 Å². The number of nitrogens with zero attached hydrogens (tertiary/aromatic N) is 1. The lowest BCUT2D eigenvalue weighted by atomic mass is 10.1. The van der Waals surface area contributed by atoms with Gasteiger partial charge in [-0.05, 0) is 32.1 Å². The fourth-order valence-electron chi connectivity index (χ4n) is 1.90. The molecule has 1 aliphatic carbocycles. The predicted molar refractivity (Wildman–Crippen MR) is 58.7 cm³/mol. The maximum Gasteiger partial charge on any atom is 0.182 e. The van der Waals surface area contributed by atoms with Crippen molar-refractivity contribution >= 4 is 16.5 Å². The first-order chi connectivity index (χ1) is 6.74. The quantitative estimate of drug-likeness (QED) is 0.805. The fourth-order valence-corrected chi connectivity index (χ4v) is 2.60. The van der Waals surface area contributed by atoms with Crippen LogP contribution in [0, 0.1) is 12.8 Å². The molecular formula is C10H16N2OS. The van der Waals surface area contributed by atoms with Crippen LogP contribution in [0.1, 0.15) is 25.0 Å².